The van der Waals surface area contributed by atoms with Gasteiger partial charge in [-0.1, -0.05) is 24.3 Å². The molecule has 0 aliphatic carbocycles. The molecule has 0 radical (unpaired) electrons. The number of aromatic nitrogens is 3. The molecule has 28 heavy (non-hydrogen) atoms. The summed E-state index contributed by atoms with van der Waals surface area (Å²) in [6, 6.07) is 10.3. The number of benzene rings is 1. The number of carbonyl (C=O) groups is 1. The van der Waals surface area contributed by atoms with Gasteiger partial charge in [-0.05, 0) is 24.6 Å². The van der Waals surface area contributed by atoms with E-state index in [0.717, 1.165) is 36.3 Å². The number of esters is 1. The molecule has 0 spiro atoms. The van der Waals surface area contributed by atoms with Gasteiger partial charge in [0.2, 0.25) is 0 Å². The zero-order valence-electron chi connectivity index (χ0n) is 16.1. The minimum atomic E-state index is -0.349. The summed E-state index contributed by atoms with van der Waals surface area (Å²) < 4.78 is 7.11. The Kier molecular flexibility index (Phi) is 5.21. The summed E-state index contributed by atoms with van der Waals surface area (Å²) in [6.45, 7) is 8.94. The van der Waals surface area contributed by atoms with Gasteiger partial charge in [-0.2, -0.15) is 5.10 Å². The molecular formula is C22H24N4O2. The first-order valence-corrected chi connectivity index (χ1v) is 9.62. The second-order valence-corrected chi connectivity index (χ2v) is 6.91. The standard InChI is InChI=1S/C22H24N4O2/c1-3-12-26-20-10-13-25(15-18(20)21(24-26)22(27)28-4-2)14-16-9-11-23-19-8-6-5-7-17(16)19/h3,5-9,11H,1,4,10,12-15H2,2H3. The average Bonchev–Trinajstić information content (AvgIpc) is 3.07. The Morgan fingerprint density at radius 1 is 1.32 bits per heavy atom. The predicted molar refractivity (Wildman–Crippen MR) is 108 cm³/mol. The van der Waals surface area contributed by atoms with E-state index in [9.17, 15) is 4.79 Å². The van der Waals surface area contributed by atoms with Crippen LogP contribution in [0.15, 0.2) is 49.2 Å². The van der Waals surface area contributed by atoms with Gasteiger partial charge in [-0.3, -0.25) is 14.6 Å². The van der Waals surface area contributed by atoms with Crippen molar-refractivity contribution in [3.05, 3.63) is 71.7 Å². The van der Waals surface area contributed by atoms with Crippen LogP contribution in [0.25, 0.3) is 10.9 Å². The van der Waals surface area contributed by atoms with Crippen LogP contribution < -0.4 is 0 Å². The number of pyridine rings is 1. The van der Waals surface area contributed by atoms with Gasteiger partial charge in [0.25, 0.3) is 0 Å². The molecule has 3 heterocycles. The lowest BCUT2D eigenvalue weighted by atomic mass is 10.0. The van der Waals surface area contributed by atoms with Gasteiger partial charge in [0.1, 0.15) is 0 Å². The number of para-hydroxylation sites is 1. The third-order valence-electron chi connectivity index (χ3n) is 5.12. The van der Waals surface area contributed by atoms with Crippen LogP contribution in [-0.2, 0) is 30.8 Å². The van der Waals surface area contributed by atoms with Crippen LogP contribution in [-0.4, -0.2) is 38.8 Å². The molecule has 2 aromatic heterocycles. The third kappa shape index (κ3) is 3.43. The molecule has 0 saturated carbocycles. The molecule has 3 aromatic rings. The number of ether oxygens (including phenoxy) is 1. The van der Waals surface area contributed by atoms with E-state index >= 15 is 0 Å². The summed E-state index contributed by atoms with van der Waals surface area (Å²) in [4.78, 5) is 19.2. The summed E-state index contributed by atoms with van der Waals surface area (Å²) in [7, 11) is 0. The van der Waals surface area contributed by atoms with Gasteiger partial charge in [-0.25, -0.2) is 4.79 Å². The second-order valence-electron chi connectivity index (χ2n) is 6.91. The molecule has 1 aliphatic rings. The zero-order chi connectivity index (χ0) is 19.5. The minimum Gasteiger partial charge on any atom is -0.461 e. The topological polar surface area (TPSA) is 60.3 Å². The molecule has 0 saturated heterocycles. The van der Waals surface area contributed by atoms with E-state index in [4.69, 9.17) is 4.74 Å². The van der Waals surface area contributed by atoms with Crippen molar-refractivity contribution < 1.29 is 9.53 Å². The zero-order valence-corrected chi connectivity index (χ0v) is 16.1. The largest absolute Gasteiger partial charge is 0.461 e. The van der Waals surface area contributed by atoms with Crippen LogP contribution in [0.4, 0.5) is 0 Å². The molecule has 1 aromatic carbocycles. The van der Waals surface area contributed by atoms with E-state index in [2.05, 4.69) is 33.7 Å². The Balaban J connectivity index is 1.63. The second kappa shape index (κ2) is 7.94. The fourth-order valence-corrected chi connectivity index (χ4v) is 3.85. The van der Waals surface area contributed by atoms with Crippen LogP contribution >= 0.6 is 0 Å². The minimum absolute atomic E-state index is 0.342. The number of fused-ring (bicyclic) bond motifs is 2. The summed E-state index contributed by atoms with van der Waals surface area (Å²) in [5.41, 5.74) is 4.76. The Morgan fingerprint density at radius 2 is 2.18 bits per heavy atom. The molecule has 0 fully saturated rings. The molecule has 1 aliphatic heterocycles. The van der Waals surface area contributed by atoms with Crippen molar-refractivity contribution in [2.45, 2.75) is 33.0 Å². The molecule has 0 atom stereocenters. The Hall–Kier alpha value is -2.99. The Morgan fingerprint density at radius 3 is 3.00 bits per heavy atom. The number of hydrogen-bond donors (Lipinski definition) is 0. The van der Waals surface area contributed by atoms with E-state index in [1.165, 1.54) is 10.9 Å². The first-order valence-electron chi connectivity index (χ1n) is 9.62. The monoisotopic (exact) mass is 376 g/mol. The highest BCUT2D eigenvalue weighted by molar-refractivity contribution is 5.89. The lowest BCUT2D eigenvalue weighted by Gasteiger charge is -2.28. The first-order chi connectivity index (χ1) is 13.7. The van der Waals surface area contributed by atoms with Crippen LogP contribution in [0, 0.1) is 0 Å². The van der Waals surface area contributed by atoms with Gasteiger partial charge in [0.15, 0.2) is 5.69 Å². The Labute approximate surface area is 164 Å². The van der Waals surface area contributed by atoms with Crippen LogP contribution in [0.2, 0.25) is 0 Å². The molecule has 0 bridgehead atoms. The molecule has 6 nitrogen and oxygen atoms in total. The van der Waals surface area contributed by atoms with E-state index in [1.807, 2.05) is 36.0 Å². The molecule has 0 N–H and O–H groups in total. The van der Waals surface area contributed by atoms with Gasteiger partial charge in [0.05, 0.1) is 18.7 Å². The first kappa shape index (κ1) is 18.4. The number of rotatable bonds is 6. The maximum Gasteiger partial charge on any atom is 0.359 e. The van der Waals surface area contributed by atoms with Gasteiger partial charge >= 0.3 is 5.97 Å². The van der Waals surface area contributed by atoms with Gasteiger partial charge in [0, 0.05) is 48.9 Å². The lowest BCUT2D eigenvalue weighted by Crippen LogP contribution is -2.31. The highest BCUT2D eigenvalue weighted by Gasteiger charge is 2.28. The highest BCUT2D eigenvalue weighted by atomic mass is 16.5. The highest BCUT2D eigenvalue weighted by Crippen LogP contribution is 2.26. The Bertz CT molecular complexity index is 1020. The van der Waals surface area contributed by atoms with E-state index in [0.29, 0.717) is 25.4 Å². The van der Waals surface area contributed by atoms with E-state index in [-0.39, 0.29) is 5.97 Å². The van der Waals surface area contributed by atoms with Crippen molar-refractivity contribution in [2.24, 2.45) is 0 Å². The summed E-state index contributed by atoms with van der Waals surface area (Å²) >= 11 is 0. The average molecular weight is 376 g/mol. The summed E-state index contributed by atoms with van der Waals surface area (Å²) in [6.07, 6.45) is 4.51. The quantitative estimate of drug-likeness (QED) is 0.488. The molecule has 0 amide bonds. The number of allylic oxidation sites excluding steroid dienone is 1. The van der Waals surface area contributed by atoms with Crippen LogP contribution in [0.3, 0.4) is 0 Å². The van der Waals surface area contributed by atoms with Crippen molar-refractivity contribution in [2.75, 3.05) is 13.2 Å². The van der Waals surface area contributed by atoms with Crippen LogP contribution in [0.1, 0.15) is 34.2 Å². The normalized spacial score (nSPS) is 14.0. The maximum atomic E-state index is 12.4. The fraction of sp³-hybridized carbons (Fsp3) is 0.318. The molecular weight excluding hydrogens is 352 g/mol. The SMILES string of the molecule is C=CCn1nc(C(=O)OCC)c2c1CCN(Cc1ccnc3ccccc13)C2. The van der Waals surface area contributed by atoms with Gasteiger partial charge in [-0.15, -0.1) is 6.58 Å². The molecule has 6 heteroatoms. The lowest BCUT2D eigenvalue weighted by molar-refractivity contribution is 0.0515. The summed E-state index contributed by atoms with van der Waals surface area (Å²) in [5.74, 6) is -0.349. The van der Waals surface area contributed by atoms with Crippen LogP contribution in [0.5, 0.6) is 0 Å². The van der Waals surface area contributed by atoms with E-state index in [1.54, 1.807) is 6.08 Å². The fourth-order valence-electron chi connectivity index (χ4n) is 3.85. The maximum absolute atomic E-state index is 12.4. The molecule has 0 unspecified atom stereocenters. The third-order valence-corrected chi connectivity index (χ3v) is 5.12. The van der Waals surface area contributed by atoms with Crippen molar-refractivity contribution >= 4 is 16.9 Å². The molecule has 144 valence electrons. The number of hydrogen-bond acceptors (Lipinski definition) is 5. The predicted octanol–water partition coefficient (Wildman–Crippen LogP) is 3.35. The summed E-state index contributed by atoms with van der Waals surface area (Å²) in [5, 5.41) is 5.70. The number of nitrogens with zero attached hydrogens (tertiary/aromatic N) is 4. The van der Waals surface area contributed by atoms with Crippen molar-refractivity contribution in [1.82, 2.24) is 19.7 Å². The molecule has 4 rings (SSSR count). The van der Waals surface area contributed by atoms with Crippen molar-refractivity contribution in [3.63, 3.8) is 0 Å². The smallest absolute Gasteiger partial charge is 0.359 e. The van der Waals surface area contributed by atoms with Crippen molar-refractivity contribution in [3.8, 4) is 0 Å². The van der Waals surface area contributed by atoms with Gasteiger partial charge < -0.3 is 4.74 Å². The number of carbonyl (C=O) groups excluding carboxylic acids is 1. The van der Waals surface area contributed by atoms with E-state index < -0.39 is 0 Å². The van der Waals surface area contributed by atoms with Crippen molar-refractivity contribution in [1.29, 1.82) is 0 Å².